The summed E-state index contributed by atoms with van der Waals surface area (Å²) >= 11 is 0. The van der Waals surface area contributed by atoms with Gasteiger partial charge in [-0.1, -0.05) is 6.07 Å². The summed E-state index contributed by atoms with van der Waals surface area (Å²) in [4.78, 5) is 0. The molecule has 2 rings (SSSR count). The van der Waals surface area contributed by atoms with Gasteiger partial charge in [0.05, 0.1) is 19.8 Å². The predicted octanol–water partition coefficient (Wildman–Crippen LogP) is 1.88. The maximum absolute atomic E-state index is 13.0. The zero-order valence-electron chi connectivity index (χ0n) is 7.50. The first-order chi connectivity index (χ1) is 6.77. The summed E-state index contributed by atoms with van der Waals surface area (Å²) in [7, 11) is 0. The molecule has 0 aromatic heterocycles. The van der Waals surface area contributed by atoms with Crippen LogP contribution in [-0.2, 0) is 16.1 Å². The summed E-state index contributed by atoms with van der Waals surface area (Å²) in [6, 6.07) is 3.77. The van der Waals surface area contributed by atoms with E-state index in [2.05, 4.69) is 0 Å². The highest BCUT2D eigenvalue weighted by molar-refractivity contribution is 5.18. The van der Waals surface area contributed by atoms with Crippen molar-refractivity contribution >= 4 is 0 Å². The summed E-state index contributed by atoms with van der Waals surface area (Å²) in [5, 5.41) is 0. The molecule has 2 nitrogen and oxygen atoms in total. The quantitative estimate of drug-likeness (QED) is 0.692. The Morgan fingerprint density at radius 3 is 2.57 bits per heavy atom. The van der Waals surface area contributed by atoms with Gasteiger partial charge in [-0.25, -0.2) is 8.78 Å². The number of hydrogen-bond acceptors (Lipinski definition) is 2. The van der Waals surface area contributed by atoms with Gasteiger partial charge in [0.25, 0.3) is 0 Å². The maximum Gasteiger partial charge on any atom is 0.131 e. The smallest absolute Gasteiger partial charge is 0.131 e. The molecule has 1 heterocycles. The summed E-state index contributed by atoms with van der Waals surface area (Å²) in [5.74, 6) is -1.14. The van der Waals surface area contributed by atoms with E-state index in [1.807, 2.05) is 0 Å². The number of ether oxygens (including phenoxy) is 2. The number of halogens is 2. The molecule has 1 aliphatic heterocycles. The van der Waals surface area contributed by atoms with E-state index in [0.717, 1.165) is 0 Å². The Labute approximate surface area is 80.4 Å². The summed E-state index contributed by atoms with van der Waals surface area (Å²) in [6.45, 7) is 1.03. The van der Waals surface area contributed by atoms with Crippen molar-refractivity contribution in [2.24, 2.45) is 0 Å². The van der Waals surface area contributed by atoms with Crippen LogP contribution in [0.15, 0.2) is 18.2 Å². The Bertz CT molecular complexity index is 304. The highest BCUT2D eigenvalue weighted by atomic mass is 19.1. The zero-order valence-corrected chi connectivity index (χ0v) is 7.50. The minimum atomic E-state index is -0.568. The molecule has 0 aliphatic carbocycles. The Morgan fingerprint density at radius 1 is 1.36 bits per heavy atom. The van der Waals surface area contributed by atoms with Crippen LogP contribution in [0, 0.1) is 11.6 Å². The molecule has 0 unspecified atom stereocenters. The first-order valence-electron chi connectivity index (χ1n) is 4.39. The van der Waals surface area contributed by atoms with Gasteiger partial charge >= 0.3 is 0 Å². The number of benzene rings is 1. The molecule has 1 fully saturated rings. The van der Waals surface area contributed by atoms with Crippen LogP contribution in [0.4, 0.5) is 8.78 Å². The summed E-state index contributed by atoms with van der Waals surface area (Å²) < 4.78 is 36.1. The van der Waals surface area contributed by atoms with Crippen LogP contribution < -0.4 is 0 Å². The third-order valence-electron chi connectivity index (χ3n) is 2.01. The summed E-state index contributed by atoms with van der Waals surface area (Å²) in [5.41, 5.74) is -0.0202. The van der Waals surface area contributed by atoms with Gasteiger partial charge in [0, 0.05) is 5.56 Å². The van der Waals surface area contributed by atoms with Crippen molar-refractivity contribution in [2.75, 3.05) is 13.2 Å². The minimum Gasteiger partial charge on any atom is -0.374 e. The lowest BCUT2D eigenvalue weighted by atomic mass is 10.2. The fourth-order valence-electron chi connectivity index (χ4n) is 1.13. The van der Waals surface area contributed by atoms with Crippen LogP contribution in [0.3, 0.4) is 0 Å². The van der Waals surface area contributed by atoms with E-state index in [9.17, 15) is 8.78 Å². The topological polar surface area (TPSA) is 21.8 Å². The molecule has 4 heteroatoms. The van der Waals surface area contributed by atoms with Gasteiger partial charge in [-0.15, -0.1) is 0 Å². The molecule has 0 bridgehead atoms. The van der Waals surface area contributed by atoms with Gasteiger partial charge in [-0.2, -0.15) is 0 Å². The lowest BCUT2D eigenvalue weighted by Gasteiger charge is -2.04. The molecule has 0 radical (unpaired) electrons. The van der Waals surface area contributed by atoms with Crippen LogP contribution in [0.25, 0.3) is 0 Å². The molecule has 0 spiro atoms. The first kappa shape index (κ1) is 9.55. The molecule has 14 heavy (non-hydrogen) atoms. The van der Waals surface area contributed by atoms with E-state index in [1.54, 1.807) is 0 Å². The predicted molar refractivity (Wildman–Crippen MR) is 45.8 cm³/mol. The van der Waals surface area contributed by atoms with Gasteiger partial charge in [-0.3, -0.25) is 0 Å². The molecular weight excluding hydrogens is 190 g/mol. The number of hydrogen-bond donors (Lipinski definition) is 0. The fourth-order valence-corrected chi connectivity index (χ4v) is 1.13. The number of rotatable bonds is 4. The van der Waals surface area contributed by atoms with Crippen molar-refractivity contribution in [1.82, 2.24) is 0 Å². The van der Waals surface area contributed by atoms with E-state index < -0.39 is 11.6 Å². The standard InChI is InChI=1S/C10H10F2O2/c11-9-2-1-3-10(12)8(9)6-13-4-7-5-14-7/h1-3,7H,4-6H2/t7-/m1/s1. The monoisotopic (exact) mass is 200 g/mol. The molecule has 0 saturated carbocycles. The van der Waals surface area contributed by atoms with Gasteiger partial charge < -0.3 is 9.47 Å². The number of epoxide rings is 1. The minimum absolute atomic E-state index is 0.0202. The molecule has 0 amide bonds. The second-order valence-corrected chi connectivity index (χ2v) is 3.17. The average Bonchev–Trinajstić information content (AvgIpc) is 2.94. The second-order valence-electron chi connectivity index (χ2n) is 3.17. The fraction of sp³-hybridized carbons (Fsp3) is 0.400. The van der Waals surface area contributed by atoms with Crippen LogP contribution in [-0.4, -0.2) is 19.3 Å². The van der Waals surface area contributed by atoms with Gasteiger partial charge in [0.1, 0.15) is 17.7 Å². The summed E-state index contributed by atoms with van der Waals surface area (Å²) in [6.07, 6.45) is 0.116. The van der Waals surface area contributed by atoms with Crippen LogP contribution >= 0.6 is 0 Å². The molecule has 1 aliphatic rings. The van der Waals surface area contributed by atoms with Crippen molar-refractivity contribution < 1.29 is 18.3 Å². The molecule has 1 aromatic carbocycles. The average molecular weight is 200 g/mol. The molecule has 1 saturated heterocycles. The Balaban J connectivity index is 1.92. The Morgan fingerprint density at radius 2 is 2.00 bits per heavy atom. The van der Waals surface area contributed by atoms with Gasteiger partial charge in [0.15, 0.2) is 0 Å². The largest absolute Gasteiger partial charge is 0.374 e. The normalized spacial score (nSPS) is 19.7. The lowest BCUT2D eigenvalue weighted by Crippen LogP contribution is -2.04. The van der Waals surface area contributed by atoms with Crippen molar-refractivity contribution in [2.45, 2.75) is 12.7 Å². The Hall–Kier alpha value is -1.00. The maximum atomic E-state index is 13.0. The van der Waals surface area contributed by atoms with Crippen LogP contribution in [0.5, 0.6) is 0 Å². The van der Waals surface area contributed by atoms with Gasteiger partial charge in [0.2, 0.25) is 0 Å². The molecule has 76 valence electrons. The zero-order chi connectivity index (χ0) is 9.97. The van der Waals surface area contributed by atoms with Crippen molar-refractivity contribution in [1.29, 1.82) is 0 Å². The van der Waals surface area contributed by atoms with Gasteiger partial charge in [-0.05, 0) is 12.1 Å². The molecule has 1 atom stereocenters. The lowest BCUT2D eigenvalue weighted by molar-refractivity contribution is 0.0996. The molecule has 1 aromatic rings. The first-order valence-corrected chi connectivity index (χ1v) is 4.39. The highest BCUT2D eigenvalue weighted by Crippen LogP contribution is 2.15. The SMILES string of the molecule is Fc1cccc(F)c1COC[C@@H]1CO1. The third-order valence-corrected chi connectivity index (χ3v) is 2.01. The van der Waals surface area contributed by atoms with Crippen LogP contribution in [0.1, 0.15) is 5.56 Å². The highest BCUT2D eigenvalue weighted by Gasteiger charge is 2.22. The van der Waals surface area contributed by atoms with E-state index >= 15 is 0 Å². The van der Waals surface area contributed by atoms with E-state index in [1.165, 1.54) is 18.2 Å². The Kier molecular flexibility index (Phi) is 2.74. The molecule has 0 N–H and O–H groups in total. The van der Waals surface area contributed by atoms with Crippen molar-refractivity contribution in [3.05, 3.63) is 35.4 Å². The van der Waals surface area contributed by atoms with Crippen molar-refractivity contribution in [3.63, 3.8) is 0 Å². The van der Waals surface area contributed by atoms with E-state index in [0.29, 0.717) is 13.2 Å². The van der Waals surface area contributed by atoms with Crippen LogP contribution in [0.2, 0.25) is 0 Å². The second kappa shape index (κ2) is 4.02. The third kappa shape index (κ3) is 2.27. The van der Waals surface area contributed by atoms with Crippen molar-refractivity contribution in [3.8, 4) is 0 Å². The van der Waals surface area contributed by atoms with E-state index in [-0.39, 0.29) is 18.3 Å². The molecular formula is C10H10F2O2. The van der Waals surface area contributed by atoms with E-state index in [4.69, 9.17) is 9.47 Å².